The van der Waals surface area contributed by atoms with Crippen molar-refractivity contribution in [2.45, 2.75) is 114 Å². The monoisotopic (exact) mass is 455 g/mol. The molecular weight excluding hydrogens is 418 g/mol. The lowest BCUT2D eigenvalue weighted by Crippen LogP contribution is -2.50. The molecule has 170 valence electrons. The average molecular weight is 456 g/mol. The molecule has 8 heteroatoms. The average Bonchev–Trinajstić information content (AvgIpc) is 3.14. The second kappa shape index (κ2) is 9.74. The van der Waals surface area contributed by atoms with Crippen molar-refractivity contribution < 1.29 is 14.3 Å². The van der Waals surface area contributed by atoms with Crippen LogP contribution in [0.3, 0.4) is 0 Å². The predicted octanol–water partition coefficient (Wildman–Crippen LogP) is 6.04. The molecule has 2 aliphatic rings. The lowest BCUT2D eigenvalue weighted by atomic mass is 9.83. The zero-order valence-corrected chi connectivity index (χ0v) is 20.9. The third-order valence-corrected chi connectivity index (χ3v) is 7.81. The maximum absolute atomic E-state index is 13.2. The highest BCUT2D eigenvalue weighted by Crippen LogP contribution is 2.41. The largest absolute Gasteiger partial charge is 0.444 e. The van der Waals surface area contributed by atoms with Crippen molar-refractivity contribution in [3.05, 3.63) is 5.01 Å². The number of carbonyl (C=O) groups is 1. The fourth-order valence-corrected chi connectivity index (χ4v) is 6.50. The highest BCUT2D eigenvalue weighted by molar-refractivity contribution is 8.01. The van der Waals surface area contributed by atoms with E-state index in [1.54, 1.807) is 23.1 Å². The molecule has 1 aromatic rings. The lowest BCUT2D eigenvalue weighted by molar-refractivity contribution is -0.0790. The summed E-state index contributed by atoms with van der Waals surface area (Å²) in [4.78, 5) is 15.1. The van der Waals surface area contributed by atoms with Gasteiger partial charge in [0.15, 0.2) is 4.34 Å². The minimum atomic E-state index is -0.670. The highest BCUT2D eigenvalue weighted by Gasteiger charge is 2.51. The summed E-state index contributed by atoms with van der Waals surface area (Å²) in [5, 5.41) is 9.30. The summed E-state index contributed by atoms with van der Waals surface area (Å²) in [5.74, 6) is 1.56. The molecule has 6 nitrogen and oxygen atoms in total. The van der Waals surface area contributed by atoms with Crippen molar-refractivity contribution in [3.8, 4) is 0 Å². The molecule has 0 radical (unpaired) electrons. The summed E-state index contributed by atoms with van der Waals surface area (Å²) in [7, 11) is 0. The molecule has 2 fully saturated rings. The minimum Gasteiger partial charge on any atom is -0.444 e. The van der Waals surface area contributed by atoms with Crippen LogP contribution in [-0.4, -0.2) is 50.4 Å². The van der Waals surface area contributed by atoms with Crippen molar-refractivity contribution in [1.29, 1.82) is 0 Å². The van der Waals surface area contributed by atoms with E-state index in [0.29, 0.717) is 5.92 Å². The van der Waals surface area contributed by atoms with Gasteiger partial charge in [0.05, 0.1) is 12.1 Å². The van der Waals surface area contributed by atoms with Crippen LogP contribution >= 0.6 is 23.1 Å². The molecule has 0 unspecified atom stereocenters. The van der Waals surface area contributed by atoms with Crippen LogP contribution in [0.5, 0.6) is 0 Å². The van der Waals surface area contributed by atoms with Crippen LogP contribution in [0.15, 0.2) is 4.34 Å². The SMILES string of the molecule is Cc1nnc(SCC[C@@H]2OC(C)(C)N(C(=O)OC(C)(C)C)[C@H]2CC2CCCCC2)s1. The number of rotatable bonds is 6. The molecule has 0 bridgehead atoms. The van der Waals surface area contributed by atoms with E-state index in [9.17, 15) is 4.79 Å². The zero-order valence-electron chi connectivity index (χ0n) is 19.3. The molecule has 1 amide bonds. The Morgan fingerprint density at radius 2 is 1.97 bits per heavy atom. The first kappa shape index (κ1) is 23.8. The molecule has 30 heavy (non-hydrogen) atoms. The van der Waals surface area contributed by atoms with E-state index in [-0.39, 0.29) is 18.2 Å². The summed E-state index contributed by atoms with van der Waals surface area (Å²) < 4.78 is 13.3. The van der Waals surface area contributed by atoms with Crippen LogP contribution in [0.1, 0.15) is 84.6 Å². The fourth-order valence-electron chi connectivity index (χ4n) is 4.61. The fraction of sp³-hybridized carbons (Fsp3) is 0.864. The quantitative estimate of drug-likeness (QED) is 0.487. The van der Waals surface area contributed by atoms with Crippen LogP contribution in [-0.2, 0) is 9.47 Å². The van der Waals surface area contributed by atoms with Gasteiger partial charge in [-0.1, -0.05) is 55.2 Å². The van der Waals surface area contributed by atoms with Gasteiger partial charge < -0.3 is 9.47 Å². The van der Waals surface area contributed by atoms with E-state index in [4.69, 9.17) is 9.47 Å². The molecule has 0 spiro atoms. The van der Waals surface area contributed by atoms with Gasteiger partial charge in [-0.2, -0.15) is 0 Å². The van der Waals surface area contributed by atoms with Crippen molar-refractivity contribution in [2.75, 3.05) is 5.75 Å². The Hall–Kier alpha value is -0.860. The normalized spacial score (nSPS) is 24.9. The van der Waals surface area contributed by atoms with E-state index in [1.807, 2.05) is 46.4 Å². The van der Waals surface area contributed by atoms with Crippen molar-refractivity contribution in [1.82, 2.24) is 15.1 Å². The molecule has 3 rings (SSSR count). The Kier molecular flexibility index (Phi) is 7.72. The number of hydrogen-bond donors (Lipinski definition) is 0. The van der Waals surface area contributed by atoms with E-state index < -0.39 is 11.3 Å². The highest BCUT2D eigenvalue weighted by atomic mass is 32.2. The number of thioether (sulfide) groups is 1. The van der Waals surface area contributed by atoms with E-state index in [2.05, 4.69) is 10.2 Å². The lowest BCUT2D eigenvalue weighted by Gasteiger charge is -2.37. The molecule has 2 heterocycles. The number of carbonyl (C=O) groups excluding carboxylic acids is 1. The molecule has 1 aliphatic heterocycles. The Morgan fingerprint density at radius 1 is 1.27 bits per heavy atom. The number of ether oxygens (including phenoxy) is 2. The Labute approximate surface area is 189 Å². The van der Waals surface area contributed by atoms with Crippen LogP contribution in [0.4, 0.5) is 4.79 Å². The second-order valence-corrected chi connectivity index (χ2v) is 12.5. The molecule has 1 saturated carbocycles. The molecule has 1 saturated heterocycles. The van der Waals surface area contributed by atoms with Gasteiger partial charge in [0.2, 0.25) is 0 Å². The summed E-state index contributed by atoms with van der Waals surface area (Å²) in [5.41, 5.74) is -1.19. The van der Waals surface area contributed by atoms with Gasteiger partial charge in [0.1, 0.15) is 16.3 Å². The molecular formula is C22H37N3O3S2. The maximum Gasteiger partial charge on any atom is 0.412 e. The van der Waals surface area contributed by atoms with Gasteiger partial charge >= 0.3 is 6.09 Å². The van der Waals surface area contributed by atoms with E-state index in [0.717, 1.165) is 27.9 Å². The first-order valence-corrected chi connectivity index (χ1v) is 13.0. The van der Waals surface area contributed by atoms with Gasteiger partial charge in [-0.25, -0.2) is 4.79 Å². The van der Waals surface area contributed by atoms with Gasteiger partial charge in [-0.05, 0) is 60.3 Å². The zero-order chi connectivity index (χ0) is 21.9. The first-order chi connectivity index (χ1) is 14.0. The smallest absolute Gasteiger partial charge is 0.412 e. The summed E-state index contributed by atoms with van der Waals surface area (Å²) in [6.45, 7) is 11.7. The molecule has 1 aromatic heterocycles. The Morgan fingerprint density at radius 3 is 2.57 bits per heavy atom. The number of hydrogen-bond acceptors (Lipinski definition) is 7. The predicted molar refractivity (Wildman–Crippen MR) is 122 cm³/mol. The van der Waals surface area contributed by atoms with Crippen molar-refractivity contribution >= 4 is 29.2 Å². The van der Waals surface area contributed by atoms with Crippen LogP contribution < -0.4 is 0 Å². The minimum absolute atomic E-state index is 0.0102. The standard InChI is InChI=1S/C22H37N3O3S2/c1-15-23-24-19(30-15)29-13-12-18-17(14-16-10-8-7-9-11-16)25(22(5,6)27-18)20(26)28-21(2,3)4/h16-18H,7-14H2,1-6H3/t17-,18-/m0/s1. The third-order valence-electron chi connectivity index (χ3n) is 5.81. The van der Waals surface area contributed by atoms with Crippen molar-refractivity contribution in [2.24, 2.45) is 5.92 Å². The molecule has 0 N–H and O–H groups in total. The number of aromatic nitrogens is 2. The summed E-state index contributed by atoms with van der Waals surface area (Å²) in [6.07, 6.45) is 8.06. The van der Waals surface area contributed by atoms with Crippen LogP contribution in [0, 0.1) is 12.8 Å². The van der Waals surface area contributed by atoms with Crippen molar-refractivity contribution in [3.63, 3.8) is 0 Å². The first-order valence-electron chi connectivity index (χ1n) is 11.2. The van der Waals surface area contributed by atoms with Gasteiger partial charge in [-0.15, -0.1) is 10.2 Å². The second-order valence-electron chi connectivity index (χ2n) is 9.98. The Bertz CT molecular complexity index is 711. The molecule has 1 aliphatic carbocycles. The van der Waals surface area contributed by atoms with Crippen LogP contribution in [0.25, 0.3) is 0 Å². The Balaban J connectivity index is 1.72. The van der Waals surface area contributed by atoms with Gasteiger partial charge in [-0.3, -0.25) is 4.90 Å². The summed E-state index contributed by atoms with van der Waals surface area (Å²) >= 11 is 3.35. The van der Waals surface area contributed by atoms with E-state index in [1.165, 1.54) is 32.1 Å². The van der Waals surface area contributed by atoms with Gasteiger partial charge in [0, 0.05) is 5.75 Å². The summed E-state index contributed by atoms with van der Waals surface area (Å²) in [6, 6.07) is 0.0507. The number of amides is 1. The molecule has 2 atom stereocenters. The topological polar surface area (TPSA) is 64.6 Å². The third kappa shape index (κ3) is 6.33. The number of aryl methyl sites for hydroxylation is 1. The van der Waals surface area contributed by atoms with Crippen LogP contribution in [0.2, 0.25) is 0 Å². The molecule has 0 aromatic carbocycles. The maximum atomic E-state index is 13.2. The van der Waals surface area contributed by atoms with E-state index >= 15 is 0 Å². The number of nitrogens with zero attached hydrogens (tertiary/aromatic N) is 3. The van der Waals surface area contributed by atoms with Gasteiger partial charge in [0.25, 0.3) is 0 Å².